The topological polar surface area (TPSA) is 24.9 Å². The zero-order valence-corrected chi connectivity index (χ0v) is 13.1. The standard InChI is InChI=1S/C21H20N2/c1-3-9-16(10-4-1)18-15-20-19(13-7-8-14-22-20)23-21(18)17-11-5-2-6-12-17/h1-6,9-12,15,22H,7-8,13-14H2. The average molecular weight is 300 g/mol. The lowest BCUT2D eigenvalue weighted by Crippen LogP contribution is -2.03. The zero-order chi connectivity index (χ0) is 15.5. The SMILES string of the molecule is c1ccc(-c2cc3c(nc2-c2ccccc2)CCCCN3)cc1. The molecule has 0 saturated carbocycles. The first kappa shape index (κ1) is 14.0. The first-order chi connectivity index (χ1) is 11.4. The molecule has 0 radical (unpaired) electrons. The number of anilines is 1. The van der Waals surface area contributed by atoms with Crippen molar-refractivity contribution in [3.63, 3.8) is 0 Å². The summed E-state index contributed by atoms with van der Waals surface area (Å²) in [6.45, 7) is 1.04. The Morgan fingerprint density at radius 2 is 1.48 bits per heavy atom. The summed E-state index contributed by atoms with van der Waals surface area (Å²) in [6.07, 6.45) is 3.46. The lowest BCUT2D eigenvalue weighted by atomic mass is 9.97. The second-order valence-electron chi connectivity index (χ2n) is 5.99. The molecule has 0 spiro atoms. The molecule has 3 aromatic rings. The van der Waals surface area contributed by atoms with Gasteiger partial charge in [0.25, 0.3) is 0 Å². The predicted octanol–water partition coefficient (Wildman–Crippen LogP) is 5.16. The van der Waals surface area contributed by atoms with E-state index in [0.29, 0.717) is 0 Å². The van der Waals surface area contributed by atoms with Crippen molar-refractivity contribution in [3.05, 3.63) is 72.4 Å². The van der Waals surface area contributed by atoms with Crippen molar-refractivity contribution in [3.8, 4) is 22.4 Å². The maximum absolute atomic E-state index is 5.06. The smallest absolute Gasteiger partial charge is 0.0785 e. The van der Waals surface area contributed by atoms with Gasteiger partial charge in [0.2, 0.25) is 0 Å². The normalized spacial score (nSPS) is 13.7. The van der Waals surface area contributed by atoms with Crippen LogP contribution in [0.15, 0.2) is 66.7 Å². The van der Waals surface area contributed by atoms with Gasteiger partial charge in [-0.2, -0.15) is 0 Å². The molecule has 0 aliphatic carbocycles. The lowest BCUT2D eigenvalue weighted by Gasteiger charge is -2.15. The van der Waals surface area contributed by atoms with Crippen LogP contribution >= 0.6 is 0 Å². The van der Waals surface area contributed by atoms with Gasteiger partial charge in [-0.1, -0.05) is 60.7 Å². The molecule has 1 aliphatic heterocycles. The van der Waals surface area contributed by atoms with Gasteiger partial charge in [-0.3, -0.25) is 4.98 Å². The molecule has 1 N–H and O–H groups in total. The Morgan fingerprint density at radius 3 is 2.22 bits per heavy atom. The molecule has 23 heavy (non-hydrogen) atoms. The van der Waals surface area contributed by atoms with Crippen LogP contribution in [0.2, 0.25) is 0 Å². The Morgan fingerprint density at radius 1 is 0.783 bits per heavy atom. The summed E-state index contributed by atoms with van der Waals surface area (Å²) in [7, 11) is 0. The largest absolute Gasteiger partial charge is 0.384 e. The number of nitrogens with one attached hydrogen (secondary N) is 1. The maximum Gasteiger partial charge on any atom is 0.0785 e. The van der Waals surface area contributed by atoms with Crippen LogP contribution in [0.4, 0.5) is 5.69 Å². The molecule has 4 rings (SSSR count). The molecular weight excluding hydrogens is 280 g/mol. The number of aromatic nitrogens is 1. The highest BCUT2D eigenvalue weighted by Crippen LogP contribution is 2.35. The lowest BCUT2D eigenvalue weighted by molar-refractivity contribution is 0.774. The summed E-state index contributed by atoms with van der Waals surface area (Å²) >= 11 is 0. The van der Waals surface area contributed by atoms with E-state index in [0.717, 1.165) is 18.7 Å². The molecule has 0 saturated heterocycles. The molecule has 2 heteroatoms. The third-order valence-corrected chi connectivity index (χ3v) is 4.39. The van der Waals surface area contributed by atoms with Crippen LogP contribution < -0.4 is 5.32 Å². The van der Waals surface area contributed by atoms with Crippen LogP contribution in [0.25, 0.3) is 22.4 Å². The molecule has 2 heterocycles. The maximum atomic E-state index is 5.06. The van der Waals surface area contributed by atoms with Crippen molar-refractivity contribution >= 4 is 5.69 Å². The molecule has 2 nitrogen and oxygen atoms in total. The van der Waals surface area contributed by atoms with Crippen molar-refractivity contribution in [1.29, 1.82) is 0 Å². The Balaban J connectivity index is 1.93. The molecule has 0 atom stereocenters. The Bertz CT molecular complexity index is 726. The first-order valence-corrected chi connectivity index (χ1v) is 8.30. The van der Waals surface area contributed by atoms with E-state index >= 15 is 0 Å². The number of aryl methyl sites for hydroxylation is 1. The van der Waals surface area contributed by atoms with Gasteiger partial charge >= 0.3 is 0 Å². The van der Waals surface area contributed by atoms with Gasteiger partial charge in [0.05, 0.1) is 17.1 Å². The number of rotatable bonds is 2. The summed E-state index contributed by atoms with van der Waals surface area (Å²) in [5.74, 6) is 0. The van der Waals surface area contributed by atoms with E-state index in [1.54, 1.807) is 0 Å². The van der Waals surface area contributed by atoms with Crippen LogP contribution in [0, 0.1) is 0 Å². The summed E-state index contributed by atoms with van der Waals surface area (Å²) in [6, 6.07) is 23.3. The minimum atomic E-state index is 1.04. The fraction of sp³-hybridized carbons (Fsp3) is 0.190. The Kier molecular flexibility index (Phi) is 3.81. The minimum absolute atomic E-state index is 1.04. The fourth-order valence-electron chi connectivity index (χ4n) is 3.19. The summed E-state index contributed by atoms with van der Waals surface area (Å²) in [5.41, 5.74) is 7.07. The summed E-state index contributed by atoms with van der Waals surface area (Å²) in [5, 5.41) is 3.55. The number of hydrogen-bond donors (Lipinski definition) is 1. The fourth-order valence-corrected chi connectivity index (χ4v) is 3.19. The van der Waals surface area contributed by atoms with Crippen LogP contribution in [0.5, 0.6) is 0 Å². The minimum Gasteiger partial charge on any atom is -0.384 e. The number of benzene rings is 2. The zero-order valence-electron chi connectivity index (χ0n) is 13.1. The highest BCUT2D eigenvalue weighted by Gasteiger charge is 2.16. The van der Waals surface area contributed by atoms with Gasteiger partial charge in [0, 0.05) is 17.7 Å². The van der Waals surface area contributed by atoms with Gasteiger partial charge in [-0.05, 0) is 30.9 Å². The number of nitrogens with zero attached hydrogens (tertiary/aromatic N) is 1. The number of pyridine rings is 1. The van der Waals surface area contributed by atoms with Crippen LogP contribution in [-0.4, -0.2) is 11.5 Å². The number of hydrogen-bond acceptors (Lipinski definition) is 2. The van der Waals surface area contributed by atoms with Gasteiger partial charge in [-0.25, -0.2) is 0 Å². The molecule has 2 aromatic carbocycles. The van der Waals surface area contributed by atoms with Crippen molar-refractivity contribution in [2.75, 3.05) is 11.9 Å². The average Bonchev–Trinajstić information content (AvgIpc) is 2.87. The third kappa shape index (κ3) is 2.85. The predicted molar refractivity (Wildman–Crippen MR) is 96.5 cm³/mol. The van der Waals surface area contributed by atoms with Crippen molar-refractivity contribution < 1.29 is 0 Å². The molecular formula is C21H20N2. The highest BCUT2D eigenvalue weighted by atomic mass is 14.9. The first-order valence-electron chi connectivity index (χ1n) is 8.30. The molecule has 0 amide bonds. The molecule has 0 fully saturated rings. The van der Waals surface area contributed by atoms with Crippen molar-refractivity contribution in [1.82, 2.24) is 4.98 Å². The van der Waals surface area contributed by atoms with E-state index in [4.69, 9.17) is 4.98 Å². The van der Waals surface area contributed by atoms with Crippen molar-refractivity contribution in [2.24, 2.45) is 0 Å². The molecule has 114 valence electrons. The van der Waals surface area contributed by atoms with E-state index in [9.17, 15) is 0 Å². The van der Waals surface area contributed by atoms with Crippen LogP contribution in [-0.2, 0) is 6.42 Å². The van der Waals surface area contributed by atoms with Crippen LogP contribution in [0.3, 0.4) is 0 Å². The van der Waals surface area contributed by atoms with Gasteiger partial charge < -0.3 is 5.32 Å². The Hall–Kier alpha value is -2.61. The third-order valence-electron chi connectivity index (χ3n) is 4.39. The van der Waals surface area contributed by atoms with Gasteiger partial charge in [0.15, 0.2) is 0 Å². The monoisotopic (exact) mass is 300 g/mol. The molecule has 0 unspecified atom stereocenters. The van der Waals surface area contributed by atoms with E-state index in [-0.39, 0.29) is 0 Å². The quantitative estimate of drug-likeness (QED) is 0.706. The van der Waals surface area contributed by atoms with Gasteiger partial charge in [-0.15, -0.1) is 0 Å². The Labute approximate surface area is 137 Å². The van der Waals surface area contributed by atoms with Crippen LogP contribution in [0.1, 0.15) is 18.5 Å². The molecule has 1 aromatic heterocycles. The van der Waals surface area contributed by atoms with E-state index in [2.05, 4.69) is 72.0 Å². The molecule has 0 bridgehead atoms. The molecule has 1 aliphatic rings. The summed E-state index contributed by atoms with van der Waals surface area (Å²) < 4.78 is 0. The van der Waals surface area contributed by atoms with Gasteiger partial charge in [0.1, 0.15) is 0 Å². The van der Waals surface area contributed by atoms with E-state index in [1.807, 2.05) is 0 Å². The second kappa shape index (κ2) is 6.25. The van der Waals surface area contributed by atoms with E-state index in [1.165, 1.54) is 40.9 Å². The highest BCUT2D eigenvalue weighted by molar-refractivity contribution is 5.83. The van der Waals surface area contributed by atoms with E-state index < -0.39 is 0 Å². The van der Waals surface area contributed by atoms with Crippen molar-refractivity contribution in [2.45, 2.75) is 19.3 Å². The second-order valence-corrected chi connectivity index (χ2v) is 5.99. The number of fused-ring (bicyclic) bond motifs is 1. The summed E-state index contributed by atoms with van der Waals surface area (Å²) in [4.78, 5) is 5.06.